The van der Waals surface area contributed by atoms with Crippen molar-refractivity contribution in [2.24, 2.45) is 0 Å². The fourth-order valence-corrected chi connectivity index (χ4v) is 2.45. The highest BCUT2D eigenvalue weighted by Gasteiger charge is 2.09. The monoisotopic (exact) mass is 282 g/mol. The largest absolute Gasteiger partial charge is 0.377 e. The van der Waals surface area contributed by atoms with Gasteiger partial charge < -0.3 is 10.2 Å². The molecule has 0 radical (unpaired) electrons. The number of rotatable bonds is 4. The van der Waals surface area contributed by atoms with Crippen LogP contribution in [0, 0.1) is 0 Å². The van der Waals surface area contributed by atoms with Gasteiger partial charge in [0.15, 0.2) is 0 Å². The van der Waals surface area contributed by atoms with Gasteiger partial charge in [-0.2, -0.15) is 0 Å². The van der Waals surface area contributed by atoms with Crippen molar-refractivity contribution in [3.63, 3.8) is 0 Å². The van der Waals surface area contributed by atoms with Crippen molar-refractivity contribution >= 4 is 11.6 Å². The first-order valence-electron chi connectivity index (χ1n) is 7.13. The average molecular weight is 282 g/mol. The van der Waals surface area contributed by atoms with E-state index in [1.807, 2.05) is 27.1 Å². The SMILES string of the molecule is CC(=O)N[C@H](C)c1ccc(-c2ccccc2N(C)C)cc1. The molecular weight excluding hydrogens is 260 g/mol. The predicted molar refractivity (Wildman–Crippen MR) is 88.4 cm³/mol. The zero-order chi connectivity index (χ0) is 15.4. The Morgan fingerprint density at radius 2 is 1.67 bits per heavy atom. The Hall–Kier alpha value is -2.29. The topological polar surface area (TPSA) is 32.3 Å². The molecule has 0 spiro atoms. The Morgan fingerprint density at radius 3 is 2.24 bits per heavy atom. The molecular formula is C18H22N2O. The Labute approximate surface area is 126 Å². The lowest BCUT2D eigenvalue weighted by molar-refractivity contribution is -0.119. The van der Waals surface area contributed by atoms with E-state index < -0.39 is 0 Å². The van der Waals surface area contributed by atoms with Crippen molar-refractivity contribution in [2.45, 2.75) is 19.9 Å². The standard InChI is InChI=1S/C18H22N2O/c1-13(19-14(2)21)15-9-11-16(12-10-15)17-7-5-6-8-18(17)20(3)4/h5-13H,1-4H3,(H,19,21)/t13-/m1/s1. The number of nitrogens with zero attached hydrogens (tertiary/aromatic N) is 1. The predicted octanol–water partition coefficient (Wildman–Crippen LogP) is 3.62. The summed E-state index contributed by atoms with van der Waals surface area (Å²) in [5, 5.41) is 2.90. The number of hydrogen-bond acceptors (Lipinski definition) is 2. The van der Waals surface area contributed by atoms with Gasteiger partial charge in [-0.1, -0.05) is 42.5 Å². The number of amides is 1. The molecule has 2 aromatic carbocycles. The van der Waals surface area contributed by atoms with Crippen LogP contribution in [0.1, 0.15) is 25.5 Å². The molecule has 1 amide bonds. The molecule has 0 aliphatic rings. The molecule has 0 aromatic heterocycles. The quantitative estimate of drug-likeness (QED) is 0.929. The summed E-state index contributed by atoms with van der Waals surface area (Å²) in [5.41, 5.74) is 4.69. The Balaban J connectivity index is 2.29. The number of nitrogens with one attached hydrogen (secondary N) is 1. The highest BCUT2D eigenvalue weighted by molar-refractivity contribution is 5.78. The lowest BCUT2D eigenvalue weighted by atomic mass is 9.99. The first kappa shape index (κ1) is 15.1. The molecule has 3 heteroatoms. The second kappa shape index (κ2) is 6.44. The molecule has 0 aliphatic carbocycles. The van der Waals surface area contributed by atoms with Crippen LogP contribution in [-0.4, -0.2) is 20.0 Å². The van der Waals surface area contributed by atoms with Gasteiger partial charge in [0.1, 0.15) is 0 Å². The van der Waals surface area contributed by atoms with Crippen LogP contribution in [0.3, 0.4) is 0 Å². The first-order valence-corrected chi connectivity index (χ1v) is 7.13. The van der Waals surface area contributed by atoms with Crippen LogP contribution in [0.4, 0.5) is 5.69 Å². The number of carbonyl (C=O) groups is 1. The molecule has 3 nitrogen and oxygen atoms in total. The van der Waals surface area contributed by atoms with E-state index in [4.69, 9.17) is 0 Å². The molecule has 2 aromatic rings. The Kier molecular flexibility index (Phi) is 4.63. The van der Waals surface area contributed by atoms with Gasteiger partial charge in [0.2, 0.25) is 5.91 Å². The molecule has 1 atom stereocenters. The summed E-state index contributed by atoms with van der Waals surface area (Å²) in [7, 11) is 4.10. The Morgan fingerprint density at radius 1 is 1.05 bits per heavy atom. The maximum Gasteiger partial charge on any atom is 0.217 e. The fraction of sp³-hybridized carbons (Fsp3) is 0.278. The lowest BCUT2D eigenvalue weighted by Crippen LogP contribution is -2.23. The summed E-state index contributed by atoms with van der Waals surface area (Å²) >= 11 is 0. The zero-order valence-electron chi connectivity index (χ0n) is 13.1. The van der Waals surface area contributed by atoms with Gasteiger partial charge in [0.05, 0.1) is 6.04 Å². The lowest BCUT2D eigenvalue weighted by Gasteiger charge is -2.18. The van der Waals surface area contributed by atoms with E-state index in [9.17, 15) is 4.79 Å². The van der Waals surface area contributed by atoms with E-state index >= 15 is 0 Å². The molecule has 0 saturated heterocycles. The third-order valence-corrected chi connectivity index (χ3v) is 3.53. The Bertz CT molecular complexity index is 617. The molecule has 0 bridgehead atoms. The summed E-state index contributed by atoms with van der Waals surface area (Å²) in [5.74, 6) is -0.00969. The van der Waals surface area contributed by atoms with Crippen molar-refractivity contribution in [1.29, 1.82) is 0 Å². The van der Waals surface area contributed by atoms with Crippen molar-refractivity contribution in [2.75, 3.05) is 19.0 Å². The van der Waals surface area contributed by atoms with Crippen LogP contribution in [0.15, 0.2) is 48.5 Å². The minimum atomic E-state index is -0.00969. The third-order valence-electron chi connectivity index (χ3n) is 3.53. The maximum absolute atomic E-state index is 11.1. The average Bonchev–Trinajstić information content (AvgIpc) is 2.46. The van der Waals surface area contributed by atoms with Crippen LogP contribution in [-0.2, 0) is 4.79 Å². The van der Waals surface area contributed by atoms with Gasteiger partial charge in [-0.3, -0.25) is 4.79 Å². The molecule has 0 aliphatic heterocycles. The minimum absolute atomic E-state index is 0.00969. The zero-order valence-corrected chi connectivity index (χ0v) is 13.1. The number of para-hydroxylation sites is 1. The highest BCUT2D eigenvalue weighted by atomic mass is 16.1. The van der Waals surface area contributed by atoms with Crippen LogP contribution < -0.4 is 10.2 Å². The normalized spacial score (nSPS) is 11.8. The second-order valence-electron chi connectivity index (χ2n) is 5.46. The molecule has 0 fully saturated rings. The van der Waals surface area contributed by atoms with E-state index in [-0.39, 0.29) is 11.9 Å². The van der Waals surface area contributed by atoms with Crippen LogP contribution in [0.2, 0.25) is 0 Å². The molecule has 0 heterocycles. The van der Waals surface area contributed by atoms with Gasteiger partial charge in [0.25, 0.3) is 0 Å². The van der Waals surface area contributed by atoms with Crippen LogP contribution >= 0.6 is 0 Å². The van der Waals surface area contributed by atoms with E-state index in [1.54, 1.807) is 0 Å². The molecule has 0 unspecified atom stereocenters. The molecule has 1 N–H and O–H groups in total. The van der Waals surface area contributed by atoms with Gasteiger partial charge in [-0.15, -0.1) is 0 Å². The fourth-order valence-electron chi connectivity index (χ4n) is 2.45. The number of hydrogen-bond donors (Lipinski definition) is 1. The van der Waals surface area contributed by atoms with E-state index in [0.29, 0.717) is 0 Å². The molecule has 0 saturated carbocycles. The van der Waals surface area contributed by atoms with E-state index in [0.717, 1.165) is 5.56 Å². The molecule has 21 heavy (non-hydrogen) atoms. The van der Waals surface area contributed by atoms with Crippen molar-refractivity contribution in [3.05, 3.63) is 54.1 Å². The van der Waals surface area contributed by atoms with E-state index in [2.05, 4.69) is 52.7 Å². The number of carbonyl (C=O) groups excluding carboxylic acids is 1. The molecule has 2 rings (SSSR count). The van der Waals surface area contributed by atoms with Gasteiger partial charge >= 0.3 is 0 Å². The first-order chi connectivity index (χ1) is 9.99. The minimum Gasteiger partial charge on any atom is -0.377 e. The van der Waals surface area contributed by atoms with Crippen LogP contribution in [0.5, 0.6) is 0 Å². The molecule has 110 valence electrons. The second-order valence-corrected chi connectivity index (χ2v) is 5.46. The van der Waals surface area contributed by atoms with Crippen molar-refractivity contribution in [1.82, 2.24) is 5.32 Å². The summed E-state index contributed by atoms with van der Waals surface area (Å²) in [6, 6.07) is 16.7. The van der Waals surface area contributed by atoms with Crippen molar-refractivity contribution in [3.8, 4) is 11.1 Å². The van der Waals surface area contributed by atoms with Gasteiger partial charge in [-0.25, -0.2) is 0 Å². The number of anilines is 1. The maximum atomic E-state index is 11.1. The number of benzene rings is 2. The van der Waals surface area contributed by atoms with Crippen molar-refractivity contribution < 1.29 is 4.79 Å². The van der Waals surface area contributed by atoms with E-state index in [1.165, 1.54) is 23.7 Å². The van der Waals surface area contributed by atoms with Gasteiger partial charge in [-0.05, 0) is 24.1 Å². The smallest absolute Gasteiger partial charge is 0.217 e. The summed E-state index contributed by atoms with van der Waals surface area (Å²) in [6.45, 7) is 3.53. The highest BCUT2D eigenvalue weighted by Crippen LogP contribution is 2.30. The summed E-state index contributed by atoms with van der Waals surface area (Å²) < 4.78 is 0. The summed E-state index contributed by atoms with van der Waals surface area (Å²) in [6.07, 6.45) is 0. The third kappa shape index (κ3) is 3.63. The van der Waals surface area contributed by atoms with Crippen LogP contribution in [0.25, 0.3) is 11.1 Å². The summed E-state index contributed by atoms with van der Waals surface area (Å²) in [4.78, 5) is 13.2. The van der Waals surface area contributed by atoms with Gasteiger partial charge in [0, 0.05) is 32.3 Å².